The van der Waals surface area contributed by atoms with Crippen molar-refractivity contribution in [2.45, 2.75) is 6.54 Å². The summed E-state index contributed by atoms with van der Waals surface area (Å²) in [5, 5.41) is 8.72. The molecule has 1 aromatic rings. The van der Waals surface area contributed by atoms with Gasteiger partial charge in [0.2, 0.25) is 5.91 Å². The number of nitrogens with one attached hydrogen (secondary N) is 3. The van der Waals surface area contributed by atoms with Crippen LogP contribution in [0.2, 0.25) is 0 Å². The number of aliphatic imine (C=N–C) groups is 1. The second-order valence-corrected chi connectivity index (χ2v) is 3.94. The first-order valence-electron chi connectivity index (χ1n) is 6.36. The Kier molecular flexibility index (Phi) is 11.5. The fourth-order valence-corrected chi connectivity index (χ4v) is 1.42. The predicted molar refractivity (Wildman–Crippen MR) is 92.7 cm³/mol. The molecule has 0 atom stereocenters. The summed E-state index contributed by atoms with van der Waals surface area (Å²) < 4.78 is 4.85. The van der Waals surface area contributed by atoms with Crippen LogP contribution in [0.15, 0.2) is 29.4 Å². The standard InChI is InChI=1S/C13H21N5O2.HI/c1-14-13(17-9-11-5-3-4-6-15-11)18-10-12(19)16-7-8-20-2;/h3-6H,7-10H2,1-2H3,(H,16,19)(H2,14,17,18);1H. The molecule has 0 radical (unpaired) electrons. The van der Waals surface area contributed by atoms with Crippen LogP contribution in [0.1, 0.15) is 5.69 Å². The van der Waals surface area contributed by atoms with Crippen molar-refractivity contribution in [2.75, 3.05) is 33.9 Å². The molecular formula is C13H22IN5O2. The summed E-state index contributed by atoms with van der Waals surface area (Å²) in [4.78, 5) is 19.7. The van der Waals surface area contributed by atoms with Gasteiger partial charge in [-0.05, 0) is 12.1 Å². The van der Waals surface area contributed by atoms with Gasteiger partial charge >= 0.3 is 0 Å². The van der Waals surface area contributed by atoms with E-state index in [1.807, 2.05) is 18.2 Å². The number of methoxy groups -OCH3 is 1. The van der Waals surface area contributed by atoms with Crippen molar-refractivity contribution in [3.05, 3.63) is 30.1 Å². The average molecular weight is 407 g/mol. The Hall–Kier alpha value is -1.42. The van der Waals surface area contributed by atoms with Crippen LogP contribution < -0.4 is 16.0 Å². The fourth-order valence-electron chi connectivity index (χ4n) is 1.42. The van der Waals surface area contributed by atoms with Crippen molar-refractivity contribution in [3.63, 3.8) is 0 Å². The molecule has 21 heavy (non-hydrogen) atoms. The lowest BCUT2D eigenvalue weighted by molar-refractivity contribution is -0.120. The van der Waals surface area contributed by atoms with Crippen LogP contribution in [0.4, 0.5) is 0 Å². The van der Waals surface area contributed by atoms with Gasteiger partial charge in [-0.1, -0.05) is 6.07 Å². The Labute approximate surface area is 142 Å². The summed E-state index contributed by atoms with van der Waals surface area (Å²) in [6.45, 7) is 1.70. The van der Waals surface area contributed by atoms with Crippen molar-refractivity contribution in [1.82, 2.24) is 20.9 Å². The summed E-state index contributed by atoms with van der Waals surface area (Å²) >= 11 is 0. The van der Waals surface area contributed by atoms with Gasteiger partial charge in [-0.25, -0.2) is 0 Å². The molecule has 0 saturated carbocycles. The number of pyridine rings is 1. The normalized spacial score (nSPS) is 10.5. The van der Waals surface area contributed by atoms with Crippen LogP contribution >= 0.6 is 24.0 Å². The van der Waals surface area contributed by atoms with Crippen molar-refractivity contribution >= 4 is 35.8 Å². The Morgan fingerprint density at radius 1 is 1.33 bits per heavy atom. The number of guanidine groups is 1. The second-order valence-electron chi connectivity index (χ2n) is 3.94. The Balaban J connectivity index is 0.00000400. The summed E-state index contributed by atoms with van der Waals surface area (Å²) in [6.07, 6.45) is 1.73. The maximum atomic E-state index is 11.5. The number of halogens is 1. The van der Waals surface area contributed by atoms with Gasteiger partial charge in [0.05, 0.1) is 25.4 Å². The molecule has 0 saturated heterocycles. The third-order valence-electron chi connectivity index (χ3n) is 2.43. The lowest BCUT2D eigenvalue weighted by Gasteiger charge is -2.11. The van der Waals surface area contributed by atoms with Crippen molar-refractivity contribution in [2.24, 2.45) is 4.99 Å². The fraction of sp³-hybridized carbons (Fsp3) is 0.462. The minimum absolute atomic E-state index is 0. The molecule has 0 aliphatic carbocycles. The van der Waals surface area contributed by atoms with Crippen molar-refractivity contribution in [3.8, 4) is 0 Å². The molecule has 0 unspecified atom stereocenters. The first-order valence-corrected chi connectivity index (χ1v) is 6.36. The molecule has 1 amide bonds. The Morgan fingerprint density at radius 2 is 2.14 bits per heavy atom. The van der Waals surface area contributed by atoms with E-state index in [-0.39, 0.29) is 36.4 Å². The monoisotopic (exact) mass is 407 g/mol. The summed E-state index contributed by atoms with van der Waals surface area (Å²) in [7, 11) is 3.24. The van der Waals surface area contributed by atoms with E-state index in [1.54, 1.807) is 20.4 Å². The molecular weight excluding hydrogens is 385 g/mol. The number of hydrogen-bond acceptors (Lipinski definition) is 4. The van der Waals surface area contributed by atoms with E-state index < -0.39 is 0 Å². The molecule has 3 N–H and O–H groups in total. The molecule has 0 aliphatic rings. The van der Waals surface area contributed by atoms with E-state index in [4.69, 9.17) is 4.74 Å². The minimum atomic E-state index is -0.108. The zero-order chi connectivity index (χ0) is 14.6. The highest BCUT2D eigenvalue weighted by Crippen LogP contribution is 1.91. The smallest absolute Gasteiger partial charge is 0.239 e. The van der Waals surface area contributed by atoms with E-state index in [2.05, 4.69) is 25.9 Å². The molecule has 0 spiro atoms. The van der Waals surface area contributed by atoms with Gasteiger partial charge in [0.1, 0.15) is 0 Å². The number of rotatable bonds is 7. The SMILES string of the molecule is CN=C(NCC(=O)NCCOC)NCc1ccccn1.I. The van der Waals surface area contributed by atoms with Crippen molar-refractivity contribution in [1.29, 1.82) is 0 Å². The molecule has 118 valence electrons. The number of ether oxygens (including phenoxy) is 1. The van der Waals surface area contributed by atoms with Crippen LogP contribution in [0.25, 0.3) is 0 Å². The first-order chi connectivity index (χ1) is 9.76. The van der Waals surface area contributed by atoms with E-state index in [0.717, 1.165) is 5.69 Å². The molecule has 0 fully saturated rings. The summed E-state index contributed by atoms with van der Waals surface area (Å²) in [6, 6.07) is 5.70. The molecule has 7 nitrogen and oxygen atoms in total. The lowest BCUT2D eigenvalue weighted by atomic mass is 10.3. The topological polar surface area (TPSA) is 87.6 Å². The summed E-state index contributed by atoms with van der Waals surface area (Å²) in [5.74, 6) is 0.445. The number of hydrogen-bond donors (Lipinski definition) is 3. The largest absolute Gasteiger partial charge is 0.383 e. The Morgan fingerprint density at radius 3 is 2.76 bits per heavy atom. The maximum absolute atomic E-state index is 11.5. The van der Waals surface area contributed by atoms with Gasteiger partial charge < -0.3 is 20.7 Å². The quantitative estimate of drug-likeness (QED) is 0.259. The highest BCUT2D eigenvalue weighted by atomic mass is 127. The van der Waals surface area contributed by atoms with E-state index in [9.17, 15) is 4.79 Å². The molecule has 1 heterocycles. The van der Waals surface area contributed by atoms with Crippen LogP contribution in [0, 0.1) is 0 Å². The highest BCUT2D eigenvalue weighted by Gasteiger charge is 2.03. The van der Waals surface area contributed by atoms with E-state index >= 15 is 0 Å². The van der Waals surface area contributed by atoms with Gasteiger partial charge in [0.25, 0.3) is 0 Å². The molecule has 8 heteroatoms. The molecule has 0 aliphatic heterocycles. The maximum Gasteiger partial charge on any atom is 0.239 e. The first kappa shape index (κ1) is 19.6. The van der Waals surface area contributed by atoms with Gasteiger partial charge in [-0.15, -0.1) is 24.0 Å². The zero-order valence-corrected chi connectivity index (χ0v) is 14.6. The summed E-state index contributed by atoms with van der Waals surface area (Å²) in [5.41, 5.74) is 0.903. The number of amides is 1. The highest BCUT2D eigenvalue weighted by molar-refractivity contribution is 14.0. The van der Waals surface area contributed by atoms with Crippen LogP contribution in [-0.2, 0) is 16.1 Å². The average Bonchev–Trinajstić information content (AvgIpc) is 2.49. The molecule has 0 aromatic carbocycles. The second kappa shape index (κ2) is 12.3. The number of nitrogens with zero attached hydrogens (tertiary/aromatic N) is 2. The Bertz CT molecular complexity index is 428. The minimum Gasteiger partial charge on any atom is -0.383 e. The van der Waals surface area contributed by atoms with Gasteiger partial charge in [-0.3, -0.25) is 14.8 Å². The predicted octanol–water partition coefficient (Wildman–Crippen LogP) is 0.127. The zero-order valence-electron chi connectivity index (χ0n) is 12.3. The van der Waals surface area contributed by atoms with Crippen LogP contribution in [0.3, 0.4) is 0 Å². The molecule has 0 bridgehead atoms. The lowest BCUT2D eigenvalue weighted by Crippen LogP contribution is -2.43. The van der Waals surface area contributed by atoms with E-state index in [0.29, 0.717) is 25.7 Å². The number of carbonyl (C=O) groups excluding carboxylic acids is 1. The van der Waals surface area contributed by atoms with E-state index in [1.165, 1.54) is 0 Å². The third kappa shape index (κ3) is 9.19. The van der Waals surface area contributed by atoms with Gasteiger partial charge in [0, 0.05) is 26.9 Å². The van der Waals surface area contributed by atoms with Crippen LogP contribution in [0.5, 0.6) is 0 Å². The third-order valence-corrected chi connectivity index (χ3v) is 2.43. The van der Waals surface area contributed by atoms with Crippen LogP contribution in [-0.4, -0.2) is 50.7 Å². The van der Waals surface area contributed by atoms with Crippen molar-refractivity contribution < 1.29 is 9.53 Å². The van der Waals surface area contributed by atoms with Gasteiger partial charge in [-0.2, -0.15) is 0 Å². The molecule has 1 rings (SSSR count). The number of aromatic nitrogens is 1. The van der Waals surface area contributed by atoms with Gasteiger partial charge in [0.15, 0.2) is 5.96 Å². The number of carbonyl (C=O) groups is 1. The molecule has 1 aromatic heterocycles.